The van der Waals surface area contributed by atoms with E-state index >= 15 is 0 Å². The summed E-state index contributed by atoms with van der Waals surface area (Å²) in [5.41, 5.74) is 1.40. The van der Waals surface area contributed by atoms with E-state index in [0.717, 1.165) is 16.5 Å². The van der Waals surface area contributed by atoms with Crippen LogP contribution in [0.5, 0.6) is 0 Å². The lowest BCUT2D eigenvalue weighted by Crippen LogP contribution is -2.14. The number of benzene rings is 1. The van der Waals surface area contributed by atoms with Gasteiger partial charge in [-0.25, -0.2) is 0 Å². The normalized spacial score (nSPS) is 12.7. The zero-order chi connectivity index (χ0) is 14.3. The van der Waals surface area contributed by atoms with E-state index in [1.807, 2.05) is 32.9 Å². The molecule has 0 bridgehead atoms. The lowest BCUT2D eigenvalue weighted by Gasteiger charge is -2.19. The first kappa shape index (κ1) is 13.6. The van der Waals surface area contributed by atoms with Gasteiger partial charge in [-0.15, -0.1) is 10.2 Å². The molecule has 0 radical (unpaired) electrons. The minimum absolute atomic E-state index is 0.0431. The molecule has 0 fully saturated rings. The Labute approximate surface area is 109 Å². The Morgan fingerprint density at radius 2 is 1.58 bits per heavy atom. The first-order valence-electron chi connectivity index (χ1n) is 5.78. The molecule has 0 aliphatic carbocycles. The molecule has 2 rings (SSSR count). The molecule has 0 unspecified atom stereocenters. The zero-order valence-electron chi connectivity index (χ0n) is 10.9. The molecule has 19 heavy (non-hydrogen) atoms. The van der Waals surface area contributed by atoms with Crippen LogP contribution in [0.25, 0.3) is 5.69 Å². The highest BCUT2D eigenvalue weighted by Gasteiger charge is 2.37. The summed E-state index contributed by atoms with van der Waals surface area (Å²) < 4.78 is 39.1. The molecule has 0 aliphatic heterocycles. The van der Waals surface area contributed by atoms with Gasteiger partial charge >= 0.3 is 6.18 Å². The summed E-state index contributed by atoms with van der Waals surface area (Å²) in [6.07, 6.45) is -3.45. The number of alkyl halides is 3. The average Bonchev–Trinajstić information content (AvgIpc) is 2.76. The summed E-state index contributed by atoms with van der Waals surface area (Å²) in [5, 5.41) is 6.45. The number of hydrogen-bond donors (Lipinski definition) is 0. The Balaban J connectivity index is 2.42. The summed E-state index contributed by atoms with van der Waals surface area (Å²) >= 11 is 0. The fourth-order valence-electron chi connectivity index (χ4n) is 1.74. The van der Waals surface area contributed by atoms with Gasteiger partial charge in [0.1, 0.15) is 6.33 Å². The van der Waals surface area contributed by atoms with Gasteiger partial charge in [0.25, 0.3) is 0 Å². The van der Waals surface area contributed by atoms with E-state index in [1.165, 1.54) is 0 Å². The Morgan fingerprint density at radius 3 is 2.05 bits per heavy atom. The van der Waals surface area contributed by atoms with Crippen molar-refractivity contribution in [1.82, 2.24) is 14.8 Å². The SMILES string of the molecule is CC(C)(C)c1ccc(-n2cnnc2C(F)(F)F)cc1. The molecule has 0 atom stereocenters. The van der Waals surface area contributed by atoms with Gasteiger partial charge in [0, 0.05) is 5.69 Å². The summed E-state index contributed by atoms with van der Waals surface area (Å²) in [4.78, 5) is 0. The Kier molecular flexibility index (Phi) is 3.12. The van der Waals surface area contributed by atoms with E-state index in [4.69, 9.17) is 0 Å². The second-order valence-electron chi connectivity index (χ2n) is 5.32. The van der Waals surface area contributed by atoms with Crippen LogP contribution >= 0.6 is 0 Å². The van der Waals surface area contributed by atoms with Crippen molar-refractivity contribution in [3.63, 3.8) is 0 Å². The second kappa shape index (κ2) is 4.36. The fraction of sp³-hybridized carbons (Fsp3) is 0.385. The molecule has 1 aromatic heterocycles. The van der Waals surface area contributed by atoms with Crippen molar-refractivity contribution in [1.29, 1.82) is 0 Å². The molecule has 2 aromatic rings. The second-order valence-corrected chi connectivity index (χ2v) is 5.32. The monoisotopic (exact) mass is 269 g/mol. The third-order valence-corrected chi connectivity index (χ3v) is 2.81. The molecule has 1 heterocycles. The van der Waals surface area contributed by atoms with Gasteiger partial charge in [-0.2, -0.15) is 13.2 Å². The molecule has 3 nitrogen and oxygen atoms in total. The molecular weight excluding hydrogens is 255 g/mol. The predicted molar refractivity (Wildman–Crippen MR) is 65.1 cm³/mol. The van der Waals surface area contributed by atoms with Gasteiger partial charge in [-0.05, 0) is 23.1 Å². The van der Waals surface area contributed by atoms with Gasteiger partial charge in [0.15, 0.2) is 0 Å². The van der Waals surface area contributed by atoms with Crippen LogP contribution in [-0.2, 0) is 11.6 Å². The maximum atomic E-state index is 12.7. The first-order valence-corrected chi connectivity index (χ1v) is 5.78. The van der Waals surface area contributed by atoms with Crippen molar-refractivity contribution in [2.45, 2.75) is 32.4 Å². The minimum atomic E-state index is -4.51. The molecule has 0 N–H and O–H groups in total. The van der Waals surface area contributed by atoms with Gasteiger partial charge < -0.3 is 0 Å². The van der Waals surface area contributed by atoms with Crippen LogP contribution < -0.4 is 0 Å². The van der Waals surface area contributed by atoms with Crippen molar-refractivity contribution in [2.75, 3.05) is 0 Å². The first-order chi connectivity index (χ1) is 8.69. The molecule has 0 amide bonds. The molecular formula is C13H14F3N3. The van der Waals surface area contributed by atoms with Crippen molar-refractivity contribution in [3.8, 4) is 5.69 Å². The zero-order valence-corrected chi connectivity index (χ0v) is 10.9. The molecule has 1 aromatic carbocycles. The number of halogens is 3. The van der Waals surface area contributed by atoms with Crippen molar-refractivity contribution < 1.29 is 13.2 Å². The molecule has 102 valence electrons. The number of nitrogens with zero attached hydrogens (tertiary/aromatic N) is 3. The van der Waals surface area contributed by atoms with E-state index in [0.29, 0.717) is 5.69 Å². The average molecular weight is 269 g/mol. The maximum Gasteiger partial charge on any atom is 0.452 e. The largest absolute Gasteiger partial charge is 0.452 e. The van der Waals surface area contributed by atoms with E-state index in [-0.39, 0.29) is 5.41 Å². The molecule has 0 saturated carbocycles. The molecule has 0 saturated heterocycles. The molecule has 6 heteroatoms. The summed E-state index contributed by atoms with van der Waals surface area (Å²) in [7, 11) is 0. The van der Waals surface area contributed by atoms with Crippen LogP contribution in [-0.4, -0.2) is 14.8 Å². The van der Waals surface area contributed by atoms with Gasteiger partial charge in [0.05, 0.1) is 0 Å². The Hall–Kier alpha value is -1.85. The smallest absolute Gasteiger partial charge is 0.278 e. The lowest BCUT2D eigenvalue weighted by molar-refractivity contribution is -0.146. The maximum absolute atomic E-state index is 12.7. The highest BCUT2D eigenvalue weighted by molar-refractivity contribution is 5.37. The molecule has 0 aliphatic rings. The number of aromatic nitrogens is 3. The van der Waals surface area contributed by atoms with Crippen LogP contribution in [0.15, 0.2) is 30.6 Å². The van der Waals surface area contributed by atoms with E-state index in [2.05, 4.69) is 10.2 Å². The summed E-state index contributed by atoms with van der Waals surface area (Å²) in [6, 6.07) is 6.91. The van der Waals surface area contributed by atoms with E-state index in [9.17, 15) is 13.2 Å². The van der Waals surface area contributed by atoms with Crippen molar-refractivity contribution in [2.24, 2.45) is 0 Å². The van der Waals surface area contributed by atoms with E-state index in [1.54, 1.807) is 12.1 Å². The van der Waals surface area contributed by atoms with Crippen molar-refractivity contribution >= 4 is 0 Å². The highest BCUT2D eigenvalue weighted by Crippen LogP contribution is 2.29. The lowest BCUT2D eigenvalue weighted by atomic mass is 9.87. The minimum Gasteiger partial charge on any atom is -0.278 e. The molecule has 0 spiro atoms. The quantitative estimate of drug-likeness (QED) is 0.792. The standard InChI is InChI=1S/C13H14F3N3/c1-12(2,3)9-4-6-10(7-5-9)19-8-17-18-11(19)13(14,15)16/h4-8H,1-3H3. The van der Waals surface area contributed by atoms with Crippen LogP contribution in [0.1, 0.15) is 32.2 Å². The van der Waals surface area contributed by atoms with Gasteiger partial charge in [0.2, 0.25) is 5.82 Å². The van der Waals surface area contributed by atoms with Crippen LogP contribution in [0, 0.1) is 0 Å². The van der Waals surface area contributed by atoms with Crippen molar-refractivity contribution in [3.05, 3.63) is 42.0 Å². The Morgan fingerprint density at radius 1 is 1.00 bits per heavy atom. The van der Waals surface area contributed by atoms with E-state index < -0.39 is 12.0 Å². The van der Waals surface area contributed by atoms with Crippen LogP contribution in [0.3, 0.4) is 0 Å². The summed E-state index contributed by atoms with van der Waals surface area (Å²) in [5.74, 6) is -1.02. The third kappa shape index (κ3) is 2.77. The van der Waals surface area contributed by atoms with Crippen LogP contribution in [0.4, 0.5) is 13.2 Å². The van der Waals surface area contributed by atoms with Gasteiger partial charge in [-0.1, -0.05) is 32.9 Å². The summed E-state index contributed by atoms with van der Waals surface area (Å²) in [6.45, 7) is 6.13. The topological polar surface area (TPSA) is 30.7 Å². The number of rotatable bonds is 1. The van der Waals surface area contributed by atoms with Gasteiger partial charge in [-0.3, -0.25) is 4.57 Å². The fourth-order valence-corrected chi connectivity index (χ4v) is 1.74. The highest BCUT2D eigenvalue weighted by atomic mass is 19.4. The predicted octanol–water partition coefficient (Wildman–Crippen LogP) is 3.58. The number of hydrogen-bond acceptors (Lipinski definition) is 2. The third-order valence-electron chi connectivity index (χ3n) is 2.81. The Bertz CT molecular complexity index is 562. The van der Waals surface area contributed by atoms with Crippen LogP contribution in [0.2, 0.25) is 0 Å².